The molecule has 1 aliphatic carbocycles. The summed E-state index contributed by atoms with van der Waals surface area (Å²) in [7, 11) is 1.93. The lowest BCUT2D eigenvalue weighted by molar-refractivity contribution is 0.665. The van der Waals surface area contributed by atoms with Crippen molar-refractivity contribution >= 4 is 33.1 Å². The number of thiophene rings is 1. The molecule has 0 unspecified atom stereocenters. The van der Waals surface area contributed by atoms with Crippen LogP contribution in [0.3, 0.4) is 0 Å². The number of hydrogen-bond acceptors (Lipinski definition) is 4. The molecule has 5 heteroatoms. The van der Waals surface area contributed by atoms with Gasteiger partial charge in [-0.1, -0.05) is 0 Å². The van der Waals surface area contributed by atoms with Crippen LogP contribution in [-0.4, -0.2) is 17.0 Å². The van der Waals surface area contributed by atoms with Crippen LogP contribution in [0.25, 0.3) is 10.7 Å². The normalized spacial score (nSPS) is 14.3. The zero-order valence-electron chi connectivity index (χ0n) is 10.2. The van der Waals surface area contributed by atoms with E-state index in [0.717, 1.165) is 33.8 Å². The van der Waals surface area contributed by atoms with E-state index < -0.39 is 0 Å². The average Bonchev–Trinajstić information content (AvgIpc) is 2.83. The molecule has 0 fully saturated rings. The second kappa shape index (κ2) is 4.97. The largest absolute Gasteiger partial charge is 0.373 e. The maximum atomic E-state index is 4.75. The molecule has 1 N–H and O–H groups in total. The van der Waals surface area contributed by atoms with Crippen LogP contribution in [0.5, 0.6) is 0 Å². The van der Waals surface area contributed by atoms with Gasteiger partial charge in [-0.2, -0.15) is 0 Å². The van der Waals surface area contributed by atoms with Crippen molar-refractivity contribution in [2.75, 3.05) is 12.4 Å². The molecule has 2 heterocycles. The van der Waals surface area contributed by atoms with E-state index in [-0.39, 0.29) is 0 Å². The predicted molar refractivity (Wildman–Crippen MR) is 79.2 cm³/mol. The van der Waals surface area contributed by atoms with Gasteiger partial charge in [-0.15, -0.1) is 11.3 Å². The first kappa shape index (κ1) is 12.1. The maximum Gasteiger partial charge on any atom is 0.173 e. The third-order valence-corrected chi connectivity index (χ3v) is 5.07. The Morgan fingerprint density at radius 2 is 2.11 bits per heavy atom. The van der Waals surface area contributed by atoms with Gasteiger partial charge >= 0.3 is 0 Å². The number of hydrogen-bond donors (Lipinski definition) is 1. The second-order valence-corrected chi connectivity index (χ2v) is 6.15. The SMILES string of the molecule is CNc1nc(-c2sccc2Br)nc2c1CCCC2. The minimum absolute atomic E-state index is 0.835. The highest BCUT2D eigenvalue weighted by atomic mass is 79.9. The Morgan fingerprint density at radius 1 is 1.28 bits per heavy atom. The molecule has 3 nitrogen and oxygen atoms in total. The number of aromatic nitrogens is 2. The third kappa shape index (κ3) is 2.06. The summed E-state index contributed by atoms with van der Waals surface area (Å²) >= 11 is 5.23. The van der Waals surface area contributed by atoms with Gasteiger partial charge in [0.2, 0.25) is 0 Å². The smallest absolute Gasteiger partial charge is 0.173 e. The highest BCUT2D eigenvalue weighted by molar-refractivity contribution is 9.10. The van der Waals surface area contributed by atoms with E-state index in [4.69, 9.17) is 4.98 Å². The number of nitrogens with zero attached hydrogens (tertiary/aromatic N) is 2. The Morgan fingerprint density at radius 3 is 2.83 bits per heavy atom. The van der Waals surface area contributed by atoms with Crippen LogP contribution in [0.4, 0.5) is 5.82 Å². The zero-order valence-corrected chi connectivity index (χ0v) is 12.6. The van der Waals surface area contributed by atoms with E-state index in [2.05, 4.69) is 31.6 Å². The number of nitrogens with one attached hydrogen (secondary N) is 1. The molecule has 94 valence electrons. The van der Waals surface area contributed by atoms with Crippen LogP contribution in [0.2, 0.25) is 0 Å². The highest BCUT2D eigenvalue weighted by Gasteiger charge is 2.19. The van der Waals surface area contributed by atoms with Gasteiger partial charge in [0.25, 0.3) is 0 Å². The summed E-state index contributed by atoms with van der Waals surface area (Å²) in [4.78, 5) is 10.5. The monoisotopic (exact) mass is 323 g/mol. The molecule has 0 aromatic carbocycles. The van der Waals surface area contributed by atoms with Crippen molar-refractivity contribution in [2.24, 2.45) is 0 Å². The summed E-state index contributed by atoms with van der Waals surface area (Å²) in [6.45, 7) is 0. The quantitative estimate of drug-likeness (QED) is 0.911. The molecular formula is C13H14BrN3S. The van der Waals surface area contributed by atoms with Crippen LogP contribution < -0.4 is 5.32 Å². The number of aryl methyl sites for hydroxylation is 1. The summed E-state index contributed by atoms with van der Waals surface area (Å²) in [5, 5.41) is 5.27. The zero-order chi connectivity index (χ0) is 12.5. The van der Waals surface area contributed by atoms with Crippen molar-refractivity contribution in [3.63, 3.8) is 0 Å². The minimum Gasteiger partial charge on any atom is -0.373 e. The summed E-state index contributed by atoms with van der Waals surface area (Å²) in [6, 6.07) is 2.04. The van der Waals surface area contributed by atoms with Gasteiger partial charge in [0.05, 0.1) is 4.88 Å². The summed E-state index contributed by atoms with van der Waals surface area (Å²) in [5.41, 5.74) is 2.52. The Labute approximate surface area is 119 Å². The van der Waals surface area contributed by atoms with Gasteiger partial charge in [0, 0.05) is 22.8 Å². The molecule has 0 amide bonds. The van der Waals surface area contributed by atoms with E-state index in [1.807, 2.05) is 13.1 Å². The number of fused-ring (bicyclic) bond motifs is 1. The van der Waals surface area contributed by atoms with Crippen molar-refractivity contribution in [1.29, 1.82) is 0 Å². The first-order valence-electron chi connectivity index (χ1n) is 6.10. The van der Waals surface area contributed by atoms with Crippen molar-refractivity contribution in [3.05, 3.63) is 27.2 Å². The van der Waals surface area contributed by atoms with Gasteiger partial charge in [-0.25, -0.2) is 9.97 Å². The molecule has 0 bridgehead atoms. The molecular weight excluding hydrogens is 310 g/mol. The fraction of sp³-hybridized carbons (Fsp3) is 0.385. The van der Waals surface area contributed by atoms with Crippen molar-refractivity contribution in [1.82, 2.24) is 9.97 Å². The lowest BCUT2D eigenvalue weighted by atomic mass is 9.96. The average molecular weight is 324 g/mol. The predicted octanol–water partition coefficient (Wildman–Crippen LogP) is 3.89. The van der Waals surface area contributed by atoms with Gasteiger partial charge in [-0.3, -0.25) is 0 Å². The molecule has 2 aromatic rings. The molecule has 0 atom stereocenters. The maximum absolute atomic E-state index is 4.75. The molecule has 0 saturated heterocycles. The third-order valence-electron chi connectivity index (χ3n) is 3.24. The van der Waals surface area contributed by atoms with Crippen LogP contribution in [0.1, 0.15) is 24.1 Å². The number of anilines is 1. The van der Waals surface area contributed by atoms with Crippen LogP contribution in [0.15, 0.2) is 15.9 Å². The van der Waals surface area contributed by atoms with Crippen LogP contribution >= 0.6 is 27.3 Å². The standard InChI is InChI=1S/C13H14BrN3S/c1-15-12-8-4-2-3-5-10(8)16-13(17-12)11-9(14)6-7-18-11/h6-7H,2-5H2,1H3,(H,15,16,17). The van der Waals surface area contributed by atoms with Gasteiger partial charge in [0.1, 0.15) is 5.82 Å². The Kier molecular flexibility index (Phi) is 3.35. The number of rotatable bonds is 2. The number of halogens is 1. The van der Waals surface area contributed by atoms with E-state index in [0.29, 0.717) is 0 Å². The molecule has 0 spiro atoms. The molecule has 3 rings (SSSR count). The van der Waals surface area contributed by atoms with Crippen LogP contribution in [-0.2, 0) is 12.8 Å². The fourth-order valence-corrected chi connectivity index (χ4v) is 3.84. The Balaban J connectivity index is 2.14. The Bertz CT molecular complexity index is 562. The van der Waals surface area contributed by atoms with E-state index in [1.54, 1.807) is 11.3 Å². The molecule has 0 radical (unpaired) electrons. The summed E-state index contributed by atoms with van der Waals surface area (Å²) < 4.78 is 1.07. The van der Waals surface area contributed by atoms with Gasteiger partial charge in [0.15, 0.2) is 5.82 Å². The summed E-state index contributed by atoms with van der Waals surface area (Å²) in [6.07, 6.45) is 4.64. The van der Waals surface area contributed by atoms with E-state index in [9.17, 15) is 0 Å². The van der Waals surface area contributed by atoms with Crippen LogP contribution in [0, 0.1) is 0 Å². The van der Waals surface area contributed by atoms with E-state index >= 15 is 0 Å². The second-order valence-electron chi connectivity index (χ2n) is 4.38. The topological polar surface area (TPSA) is 37.8 Å². The molecule has 0 saturated carbocycles. The Hall–Kier alpha value is -0.940. The first-order chi connectivity index (χ1) is 8.79. The van der Waals surface area contributed by atoms with Crippen molar-refractivity contribution in [3.8, 4) is 10.7 Å². The fourth-order valence-electron chi connectivity index (χ4n) is 2.36. The highest BCUT2D eigenvalue weighted by Crippen LogP contribution is 2.34. The lowest BCUT2D eigenvalue weighted by Crippen LogP contribution is -2.11. The minimum atomic E-state index is 0.835. The first-order valence-corrected chi connectivity index (χ1v) is 7.78. The summed E-state index contributed by atoms with van der Waals surface area (Å²) in [5.74, 6) is 1.83. The van der Waals surface area contributed by atoms with Gasteiger partial charge < -0.3 is 5.32 Å². The molecule has 18 heavy (non-hydrogen) atoms. The van der Waals surface area contributed by atoms with E-state index in [1.165, 1.54) is 24.1 Å². The lowest BCUT2D eigenvalue weighted by Gasteiger charge is -2.18. The van der Waals surface area contributed by atoms with Gasteiger partial charge in [-0.05, 0) is 53.1 Å². The molecule has 1 aliphatic rings. The molecule has 2 aromatic heterocycles. The van der Waals surface area contributed by atoms with Crippen molar-refractivity contribution in [2.45, 2.75) is 25.7 Å². The van der Waals surface area contributed by atoms with Crippen molar-refractivity contribution < 1.29 is 0 Å². The molecule has 0 aliphatic heterocycles.